The van der Waals surface area contributed by atoms with E-state index in [0.29, 0.717) is 0 Å². The highest BCUT2D eigenvalue weighted by atomic mass is 16.7. The Bertz CT molecular complexity index is 1050. The Kier molecular flexibility index (Phi) is 16.2. The van der Waals surface area contributed by atoms with Gasteiger partial charge in [-0.3, -0.25) is 19.3 Å². The number of ketones is 2. The number of carbonyl (C=O) groups is 3. The van der Waals surface area contributed by atoms with Gasteiger partial charge in [-0.05, 0) is 13.8 Å². The molecule has 3 aliphatic heterocycles. The van der Waals surface area contributed by atoms with Crippen LogP contribution in [0.3, 0.4) is 0 Å². The third-order valence-electron chi connectivity index (χ3n) is 8.02. The second-order valence-corrected chi connectivity index (χ2v) is 12.1. The largest absolute Gasteiger partial charge is 0.394 e. The molecule has 284 valence electrons. The van der Waals surface area contributed by atoms with E-state index in [1.165, 1.54) is 18.7 Å². The van der Waals surface area contributed by atoms with Gasteiger partial charge in [0.25, 0.3) is 0 Å². The molecule has 0 bridgehead atoms. The molecule has 3 fully saturated rings. The molecule has 0 spiro atoms. The van der Waals surface area contributed by atoms with E-state index in [-0.39, 0.29) is 44.4 Å². The molecule has 0 saturated carbocycles. The zero-order valence-electron chi connectivity index (χ0n) is 26.9. The highest BCUT2D eigenvalue weighted by Crippen LogP contribution is 2.31. The fourth-order valence-electron chi connectivity index (χ4n) is 5.49. The number of carbonyl (C=O) groups excluding carboxylic acids is 3. The van der Waals surface area contributed by atoms with Crippen LogP contribution in [0.5, 0.6) is 0 Å². The minimum absolute atomic E-state index is 0.129. The van der Waals surface area contributed by atoms with Crippen LogP contribution in [0.2, 0.25) is 0 Å². The van der Waals surface area contributed by atoms with Crippen molar-refractivity contribution in [2.45, 2.75) is 106 Å². The third kappa shape index (κ3) is 11.1. The van der Waals surface area contributed by atoms with Gasteiger partial charge in [0, 0.05) is 6.54 Å². The van der Waals surface area contributed by atoms with E-state index in [1.807, 2.05) is 0 Å². The van der Waals surface area contributed by atoms with Crippen molar-refractivity contribution in [3.63, 3.8) is 0 Å². The number of aliphatic hydroxyl groups excluding tert-OH is 10. The van der Waals surface area contributed by atoms with Crippen LogP contribution in [0.4, 0.5) is 0 Å². The maximum atomic E-state index is 12.4. The fraction of sp³-hybridized carbons (Fsp3) is 0.893. The van der Waals surface area contributed by atoms with Gasteiger partial charge in [-0.1, -0.05) is 0 Å². The molecule has 0 aromatic rings. The Labute approximate surface area is 280 Å². The summed E-state index contributed by atoms with van der Waals surface area (Å²) in [5, 5.41) is 105. The fourth-order valence-corrected chi connectivity index (χ4v) is 5.49. The zero-order valence-corrected chi connectivity index (χ0v) is 26.9. The summed E-state index contributed by atoms with van der Waals surface area (Å²) in [6, 6.07) is 0. The number of hydrogen-bond donors (Lipinski definition) is 11. The molecule has 11 N–H and O–H groups in total. The molecule has 3 saturated heterocycles. The molecule has 0 aromatic carbocycles. The van der Waals surface area contributed by atoms with Gasteiger partial charge < -0.3 is 84.8 Å². The van der Waals surface area contributed by atoms with E-state index in [1.54, 1.807) is 0 Å². The first-order chi connectivity index (χ1) is 23.1. The average Bonchev–Trinajstić information content (AvgIpc) is 3.04. The summed E-state index contributed by atoms with van der Waals surface area (Å²) >= 11 is 0. The van der Waals surface area contributed by atoms with Crippen molar-refractivity contribution >= 4 is 17.5 Å². The molecule has 15 atom stereocenters. The van der Waals surface area contributed by atoms with E-state index >= 15 is 0 Å². The SMILES string of the molecule is CC(=O)CN(CC(C)=O)CC(=O)NCCO[C@H]1O[C@H](CO[C@H]2O[C@H](CO)[C@@H](O)[C@H](O)[C@@H]2O)[C@@H](O)[C@H](O[C@H]2O[C@H](CO)[C@@H](O)[C@H](O)[C@@H]2O)[C@@H]1O. The number of aliphatic hydroxyl groups is 10. The topological polar surface area (TPSA) is 324 Å². The Balaban J connectivity index is 1.69. The van der Waals surface area contributed by atoms with Gasteiger partial charge in [-0.25, -0.2) is 0 Å². The number of rotatable bonds is 17. The van der Waals surface area contributed by atoms with Gasteiger partial charge >= 0.3 is 0 Å². The molecule has 21 nitrogen and oxygen atoms in total. The summed E-state index contributed by atoms with van der Waals surface area (Å²) in [4.78, 5) is 36.7. The number of hydrogen-bond acceptors (Lipinski definition) is 20. The molecule has 3 heterocycles. The smallest absolute Gasteiger partial charge is 0.234 e. The number of amides is 1. The first-order valence-corrected chi connectivity index (χ1v) is 15.6. The van der Waals surface area contributed by atoms with E-state index in [9.17, 15) is 65.4 Å². The molecule has 0 aromatic heterocycles. The van der Waals surface area contributed by atoms with Crippen LogP contribution in [0.15, 0.2) is 0 Å². The summed E-state index contributed by atoms with van der Waals surface area (Å²) < 4.78 is 33.0. The van der Waals surface area contributed by atoms with Crippen molar-refractivity contribution in [3.05, 3.63) is 0 Å². The number of nitrogens with one attached hydrogen (secondary N) is 1. The van der Waals surface area contributed by atoms with E-state index in [2.05, 4.69) is 5.32 Å². The highest BCUT2D eigenvalue weighted by molar-refractivity contribution is 5.83. The maximum absolute atomic E-state index is 12.4. The lowest BCUT2D eigenvalue weighted by molar-refractivity contribution is -0.366. The zero-order chi connectivity index (χ0) is 36.6. The van der Waals surface area contributed by atoms with Crippen LogP contribution in [0.1, 0.15) is 13.8 Å². The minimum Gasteiger partial charge on any atom is -0.394 e. The first kappa shape index (κ1) is 41.5. The van der Waals surface area contributed by atoms with Crippen molar-refractivity contribution < 1.29 is 93.9 Å². The maximum Gasteiger partial charge on any atom is 0.234 e. The highest BCUT2D eigenvalue weighted by Gasteiger charge is 2.52. The lowest BCUT2D eigenvalue weighted by atomic mass is 9.96. The van der Waals surface area contributed by atoms with Gasteiger partial charge in [0.05, 0.1) is 46.1 Å². The first-order valence-electron chi connectivity index (χ1n) is 15.6. The van der Waals surface area contributed by atoms with Crippen molar-refractivity contribution in [1.82, 2.24) is 10.2 Å². The minimum atomic E-state index is -1.91. The summed E-state index contributed by atoms with van der Waals surface area (Å²) in [6.45, 7) is -0.576. The molecule has 1 amide bonds. The summed E-state index contributed by atoms with van der Waals surface area (Å²) in [6.07, 6.45) is -25.4. The predicted molar refractivity (Wildman–Crippen MR) is 156 cm³/mol. The molecule has 0 aliphatic carbocycles. The molecule has 21 heteroatoms. The Morgan fingerprint density at radius 3 is 1.63 bits per heavy atom. The van der Waals surface area contributed by atoms with E-state index in [4.69, 9.17) is 28.4 Å². The number of nitrogens with zero attached hydrogens (tertiary/aromatic N) is 1. The monoisotopic (exact) mass is 716 g/mol. The number of ether oxygens (including phenoxy) is 6. The molecular weight excluding hydrogens is 668 g/mol. The Morgan fingerprint density at radius 1 is 0.612 bits per heavy atom. The van der Waals surface area contributed by atoms with Gasteiger partial charge in [0.15, 0.2) is 18.9 Å². The van der Waals surface area contributed by atoms with Crippen LogP contribution in [0.25, 0.3) is 0 Å². The second-order valence-electron chi connectivity index (χ2n) is 12.1. The van der Waals surface area contributed by atoms with Crippen molar-refractivity contribution in [2.24, 2.45) is 0 Å². The average molecular weight is 717 g/mol. The van der Waals surface area contributed by atoms with Gasteiger partial charge in [0.1, 0.15) is 84.8 Å². The normalized spacial score (nSPS) is 39.9. The molecule has 0 unspecified atom stereocenters. The lowest BCUT2D eigenvalue weighted by Crippen LogP contribution is -2.65. The molecular formula is C28H48N2O19. The summed E-state index contributed by atoms with van der Waals surface area (Å²) in [5.74, 6) is -1.07. The van der Waals surface area contributed by atoms with Crippen LogP contribution in [-0.4, -0.2) is 218 Å². The van der Waals surface area contributed by atoms with Crippen molar-refractivity contribution in [2.75, 3.05) is 52.6 Å². The van der Waals surface area contributed by atoms with E-state index < -0.39 is 118 Å². The number of Topliss-reactive ketones (excluding diaryl/α,β-unsaturated/α-hetero) is 2. The molecule has 3 rings (SSSR count). The summed E-state index contributed by atoms with van der Waals surface area (Å²) in [5.41, 5.74) is 0. The lowest BCUT2D eigenvalue weighted by Gasteiger charge is -2.46. The summed E-state index contributed by atoms with van der Waals surface area (Å²) in [7, 11) is 0. The second kappa shape index (κ2) is 19.1. The standard InChI is InChI=1S/C28H48N2O19/c1-11(33)5-30(6-12(2)34)7-16(35)29-3-4-44-27-24(43)25(49-28-23(42)21(40)18(37)14(9-32)47-28)19(38)15(48-27)10-45-26-22(41)20(39)17(36)13(8-31)46-26/h13-15,17-28,31-32,36-43H,3-10H2,1-2H3,(H,29,35)/t13-,14-,15-,17-,18-,19-,20+,21+,22+,23+,24+,25+,26+,27+,28-/m1/s1. The third-order valence-corrected chi connectivity index (χ3v) is 8.02. The van der Waals surface area contributed by atoms with Crippen LogP contribution in [-0.2, 0) is 42.8 Å². The van der Waals surface area contributed by atoms with Crippen LogP contribution < -0.4 is 5.32 Å². The van der Waals surface area contributed by atoms with Crippen LogP contribution >= 0.6 is 0 Å². The van der Waals surface area contributed by atoms with Crippen molar-refractivity contribution in [3.8, 4) is 0 Å². The molecule has 3 aliphatic rings. The van der Waals surface area contributed by atoms with Gasteiger partial charge in [0.2, 0.25) is 5.91 Å². The predicted octanol–water partition coefficient (Wildman–Crippen LogP) is -7.95. The van der Waals surface area contributed by atoms with Gasteiger partial charge in [-0.2, -0.15) is 0 Å². The van der Waals surface area contributed by atoms with Crippen LogP contribution in [0, 0.1) is 0 Å². The molecule has 49 heavy (non-hydrogen) atoms. The Hall–Kier alpha value is -1.87. The van der Waals surface area contributed by atoms with E-state index in [0.717, 1.165) is 0 Å². The molecule has 0 radical (unpaired) electrons. The quantitative estimate of drug-likeness (QED) is 0.0623. The van der Waals surface area contributed by atoms with Crippen molar-refractivity contribution in [1.29, 1.82) is 0 Å². The van der Waals surface area contributed by atoms with Gasteiger partial charge in [-0.15, -0.1) is 0 Å². The Morgan fingerprint density at radius 2 is 1.10 bits per heavy atom.